The maximum absolute atomic E-state index is 10.9. The third kappa shape index (κ3) is 4.58. The molecule has 1 unspecified atom stereocenters. The molecule has 1 aliphatic heterocycles. The van der Waals surface area contributed by atoms with Gasteiger partial charge in [-0.05, 0) is 32.0 Å². The average molecular weight is 335 g/mol. The molecule has 1 aromatic rings. The number of guanidine groups is 1. The predicted molar refractivity (Wildman–Crippen MR) is 93.2 cm³/mol. The maximum atomic E-state index is 10.9. The summed E-state index contributed by atoms with van der Waals surface area (Å²) in [6.45, 7) is 5.31. The lowest BCUT2D eigenvalue weighted by molar-refractivity contribution is -0.384. The van der Waals surface area contributed by atoms with Crippen molar-refractivity contribution in [2.24, 2.45) is 10.7 Å². The first-order valence-corrected chi connectivity index (χ1v) is 8.14. The molecule has 1 aromatic carbocycles. The molecule has 1 fully saturated rings. The highest BCUT2D eigenvalue weighted by molar-refractivity contribution is 5.77. The summed E-state index contributed by atoms with van der Waals surface area (Å²) in [5.74, 6) is 0.900. The van der Waals surface area contributed by atoms with Crippen LogP contribution < -0.4 is 15.8 Å². The number of likely N-dealkylation sites (N-methyl/N-ethyl adjacent to an activating group) is 1. The molecule has 0 aliphatic carbocycles. The minimum absolute atomic E-state index is 0.0112. The fourth-order valence-electron chi connectivity index (χ4n) is 2.99. The maximum Gasteiger partial charge on any atom is 0.270 e. The molecule has 1 saturated heterocycles. The lowest BCUT2D eigenvalue weighted by Crippen LogP contribution is -2.42. The Balaban J connectivity index is 1.96. The van der Waals surface area contributed by atoms with Crippen molar-refractivity contribution >= 4 is 11.6 Å². The third-order valence-corrected chi connectivity index (χ3v) is 4.32. The van der Waals surface area contributed by atoms with E-state index in [9.17, 15) is 10.1 Å². The largest absolute Gasteiger partial charge is 0.496 e. The first-order chi connectivity index (χ1) is 11.5. The number of hydrogen-bond acceptors (Lipinski definition) is 5. The van der Waals surface area contributed by atoms with Crippen molar-refractivity contribution in [2.45, 2.75) is 32.4 Å². The lowest BCUT2D eigenvalue weighted by atomic mass is 10.2. The van der Waals surface area contributed by atoms with Gasteiger partial charge in [-0.2, -0.15) is 0 Å². The van der Waals surface area contributed by atoms with Crippen LogP contribution in [0.2, 0.25) is 0 Å². The van der Waals surface area contributed by atoms with Crippen LogP contribution in [0.25, 0.3) is 0 Å². The fraction of sp³-hybridized carbons (Fsp3) is 0.562. The van der Waals surface area contributed by atoms with Crippen molar-refractivity contribution in [3.63, 3.8) is 0 Å². The molecular formula is C16H25N5O3. The van der Waals surface area contributed by atoms with E-state index in [4.69, 9.17) is 10.5 Å². The number of nitrogens with zero attached hydrogens (tertiary/aromatic N) is 3. The summed E-state index contributed by atoms with van der Waals surface area (Å²) in [6.07, 6.45) is 2.37. The van der Waals surface area contributed by atoms with Crippen LogP contribution in [0.3, 0.4) is 0 Å². The summed E-state index contributed by atoms with van der Waals surface area (Å²) in [5.41, 5.74) is 6.56. The molecule has 1 aliphatic rings. The summed E-state index contributed by atoms with van der Waals surface area (Å²) in [6, 6.07) is 4.93. The van der Waals surface area contributed by atoms with Gasteiger partial charge < -0.3 is 15.8 Å². The SMILES string of the molecule is CCN1CCCC1CNC(N)=NCc1cc([N+](=O)[O-])ccc1OC. The monoisotopic (exact) mass is 335 g/mol. The lowest BCUT2D eigenvalue weighted by Gasteiger charge is -2.23. The minimum Gasteiger partial charge on any atom is -0.496 e. The molecule has 132 valence electrons. The predicted octanol–water partition coefficient (Wildman–Crippen LogP) is 1.49. The van der Waals surface area contributed by atoms with Crippen LogP contribution in [0.5, 0.6) is 5.75 Å². The zero-order valence-corrected chi connectivity index (χ0v) is 14.2. The number of aliphatic imine (C=N–C) groups is 1. The number of nitro groups is 1. The molecule has 8 heteroatoms. The van der Waals surface area contributed by atoms with E-state index in [-0.39, 0.29) is 12.2 Å². The number of non-ortho nitro benzene ring substituents is 1. The molecule has 8 nitrogen and oxygen atoms in total. The summed E-state index contributed by atoms with van der Waals surface area (Å²) in [4.78, 5) is 17.1. The average Bonchev–Trinajstić information content (AvgIpc) is 3.05. The topological polar surface area (TPSA) is 106 Å². The Labute approximate surface area is 141 Å². The van der Waals surface area contributed by atoms with Crippen LogP contribution in [0.15, 0.2) is 23.2 Å². The number of likely N-dealkylation sites (tertiary alicyclic amines) is 1. The number of ether oxygens (including phenoxy) is 1. The second-order valence-corrected chi connectivity index (χ2v) is 5.76. The van der Waals surface area contributed by atoms with Gasteiger partial charge in [0, 0.05) is 30.3 Å². The van der Waals surface area contributed by atoms with E-state index in [0.29, 0.717) is 23.3 Å². The van der Waals surface area contributed by atoms with Crippen molar-refractivity contribution < 1.29 is 9.66 Å². The number of rotatable bonds is 7. The molecule has 0 radical (unpaired) electrons. The Kier molecular flexibility index (Phi) is 6.36. The van der Waals surface area contributed by atoms with Gasteiger partial charge >= 0.3 is 0 Å². The zero-order chi connectivity index (χ0) is 17.5. The molecule has 0 bridgehead atoms. The van der Waals surface area contributed by atoms with E-state index < -0.39 is 4.92 Å². The Morgan fingerprint density at radius 3 is 3.04 bits per heavy atom. The Morgan fingerprint density at radius 1 is 1.58 bits per heavy atom. The van der Waals surface area contributed by atoms with Crippen LogP contribution in [0.1, 0.15) is 25.3 Å². The van der Waals surface area contributed by atoms with Crippen molar-refractivity contribution in [3.05, 3.63) is 33.9 Å². The van der Waals surface area contributed by atoms with Gasteiger partial charge in [0.2, 0.25) is 0 Å². The first kappa shape index (κ1) is 18.0. The summed E-state index contributed by atoms with van der Waals surface area (Å²) >= 11 is 0. The van der Waals surface area contributed by atoms with Gasteiger partial charge in [-0.1, -0.05) is 6.92 Å². The van der Waals surface area contributed by atoms with E-state index in [1.165, 1.54) is 25.7 Å². The highest BCUT2D eigenvalue weighted by Gasteiger charge is 2.22. The molecule has 24 heavy (non-hydrogen) atoms. The van der Waals surface area contributed by atoms with E-state index in [1.807, 2.05) is 0 Å². The van der Waals surface area contributed by atoms with Crippen molar-refractivity contribution in [3.8, 4) is 5.75 Å². The molecule has 1 atom stereocenters. The van der Waals surface area contributed by atoms with Crippen LogP contribution in [-0.2, 0) is 6.54 Å². The second-order valence-electron chi connectivity index (χ2n) is 5.76. The number of benzene rings is 1. The van der Waals surface area contributed by atoms with Crippen LogP contribution >= 0.6 is 0 Å². The normalized spacial score (nSPS) is 18.6. The third-order valence-electron chi connectivity index (χ3n) is 4.32. The first-order valence-electron chi connectivity index (χ1n) is 8.14. The quantitative estimate of drug-likeness (QED) is 0.338. The zero-order valence-electron chi connectivity index (χ0n) is 14.2. The highest BCUT2D eigenvalue weighted by Crippen LogP contribution is 2.24. The van der Waals surface area contributed by atoms with Crippen LogP contribution in [0.4, 0.5) is 5.69 Å². The second kappa shape index (κ2) is 8.49. The van der Waals surface area contributed by atoms with Gasteiger partial charge in [-0.25, -0.2) is 4.99 Å². The van der Waals surface area contributed by atoms with Crippen LogP contribution in [-0.4, -0.2) is 48.6 Å². The highest BCUT2D eigenvalue weighted by atomic mass is 16.6. The summed E-state index contributed by atoms with van der Waals surface area (Å²) < 4.78 is 5.22. The Morgan fingerprint density at radius 2 is 2.38 bits per heavy atom. The van der Waals surface area contributed by atoms with E-state index in [0.717, 1.165) is 26.1 Å². The van der Waals surface area contributed by atoms with Crippen molar-refractivity contribution in [1.82, 2.24) is 10.2 Å². The van der Waals surface area contributed by atoms with E-state index in [2.05, 4.69) is 22.1 Å². The number of nitrogens with two attached hydrogens (primary N) is 1. The van der Waals surface area contributed by atoms with Gasteiger partial charge in [0.05, 0.1) is 18.6 Å². The van der Waals surface area contributed by atoms with Gasteiger partial charge in [0.25, 0.3) is 5.69 Å². The number of nitro benzene ring substituents is 1. The number of nitrogens with one attached hydrogen (secondary N) is 1. The standard InChI is InChI=1S/C16H25N5O3/c1-3-20-8-4-5-14(20)11-19-16(17)18-10-12-9-13(21(22)23)6-7-15(12)24-2/h6-7,9,14H,3-5,8,10-11H2,1-2H3,(H3,17,18,19). The van der Waals surface area contributed by atoms with E-state index >= 15 is 0 Å². The van der Waals surface area contributed by atoms with Crippen molar-refractivity contribution in [2.75, 3.05) is 26.7 Å². The summed E-state index contributed by atoms with van der Waals surface area (Å²) in [5, 5.41) is 14.0. The molecule has 3 N–H and O–H groups in total. The molecule has 0 spiro atoms. The molecule has 0 aromatic heterocycles. The molecule has 0 amide bonds. The summed E-state index contributed by atoms with van der Waals surface area (Å²) in [7, 11) is 1.52. The smallest absolute Gasteiger partial charge is 0.270 e. The molecular weight excluding hydrogens is 310 g/mol. The van der Waals surface area contributed by atoms with Crippen molar-refractivity contribution in [1.29, 1.82) is 0 Å². The molecule has 1 heterocycles. The van der Waals surface area contributed by atoms with Gasteiger partial charge in [-0.3, -0.25) is 15.0 Å². The van der Waals surface area contributed by atoms with Gasteiger partial charge in [0.15, 0.2) is 5.96 Å². The van der Waals surface area contributed by atoms with Gasteiger partial charge in [0.1, 0.15) is 5.75 Å². The minimum atomic E-state index is -0.437. The Hall–Kier alpha value is -2.35. The molecule has 0 saturated carbocycles. The molecule has 2 rings (SSSR count). The van der Waals surface area contributed by atoms with E-state index in [1.54, 1.807) is 6.07 Å². The fourth-order valence-corrected chi connectivity index (χ4v) is 2.99. The number of methoxy groups -OCH3 is 1. The Bertz CT molecular complexity index is 605. The van der Waals surface area contributed by atoms with Gasteiger partial charge in [-0.15, -0.1) is 0 Å². The van der Waals surface area contributed by atoms with Crippen LogP contribution in [0, 0.1) is 10.1 Å². The number of hydrogen-bond donors (Lipinski definition) is 2.